The lowest BCUT2D eigenvalue weighted by Gasteiger charge is -2.23. The number of rotatable bonds is 8. The Morgan fingerprint density at radius 3 is 1.61 bits per heavy atom. The molecule has 4 atom stereocenters. The van der Waals surface area contributed by atoms with Crippen molar-refractivity contribution >= 4 is 0 Å². The molecule has 194 valence electrons. The summed E-state index contributed by atoms with van der Waals surface area (Å²) in [4.78, 5) is 0. The Morgan fingerprint density at radius 1 is 0.737 bits per heavy atom. The molecule has 38 heavy (non-hydrogen) atoms. The molecule has 6 heteroatoms. The second-order valence-corrected chi connectivity index (χ2v) is 11.5. The molecule has 4 aliphatic carbocycles. The Labute approximate surface area is 221 Å². The molecule has 2 heterocycles. The molecule has 0 saturated carbocycles. The molecule has 6 nitrogen and oxygen atoms in total. The van der Waals surface area contributed by atoms with Crippen molar-refractivity contribution in [2.45, 2.75) is 61.4 Å². The summed E-state index contributed by atoms with van der Waals surface area (Å²) in [6, 6.07) is 7.83. The quantitative estimate of drug-likeness (QED) is 0.283. The topological polar surface area (TPSA) is 90.8 Å². The minimum atomic E-state index is -0.294. The van der Waals surface area contributed by atoms with Crippen molar-refractivity contribution in [2.24, 2.45) is 0 Å². The zero-order valence-corrected chi connectivity index (χ0v) is 21.3. The Hall–Kier alpha value is -4.06. The summed E-state index contributed by atoms with van der Waals surface area (Å²) >= 11 is 0. The van der Waals surface area contributed by atoms with E-state index in [-0.39, 0.29) is 46.2 Å². The van der Waals surface area contributed by atoms with Crippen molar-refractivity contribution < 1.29 is 20.4 Å². The van der Waals surface area contributed by atoms with Crippen LogP contribution in [-0.2, 0) is 23.9 Å². The van der Waals surface area contributed by atoms with E-state index in [9.17, 15) is 20.4 Å². The molecule has 1 aromatic carbocycles. The first-order chi connectivity index (χ1) is 18.3. The van der Waals surface area contributed by atoms with Gasteiger partial charge in [0.05, 0.1) is 13.1 Å². The van der Waals surface area contributed by atoms with E-state index in [1.807, 2.05) is 36.4 Å². The summed E-state index contributed by atoms with van der Waals surface area (Å²) in [5, 5.41) is 44.7. The average molecular weight is 509 g/mol. The molecule has 0 radical (unpaired) electrons. The first kappa shape index (κ1) is 23.1. The third-order valence-corrected chi connectivity index (χ3v) is 9.38. The van der Waals surface area contributed by atoms with Crippen molar-refractivity contribution in [3.63, 3.8) is 0 Å². The van der Waals surface area contributed by atoms with E-state index in [4.69, 9.17) is 0 Å². The van der Waals surface area contributed by atoms with Crippen LogP contribution in [-0.4, -0.2) is 29.6 Å². The maximum atomic E-state index is 11.2. The van der Waals surface area contributed by atoms with Crippen LogP contribution in [0, 0.1) is 0 Å². The molecule has 0 saturated heterocycles. The summed E-state index contributed by atoms with van der Waals surface area (Å²) in [5.74, 6) is 0.693. The Morgan fingerprint density at radius 2 is 1.18 bits per heavy atom. The molecule has 3 aromatic rings. The molecule has 0 aliphatic heterocycles. The maximum Gasteiger partial charge on any atom is 0.198 e. The third kappa shape index (κ3) is 2.83. The Kier molecular flexibility index (Phi) is 4.70. The number of aromatic hydroxyl groups is 4. The van der Waals surface area contributed by atoms with Gasteiger partial charge in [-0.15, -0.1) is 13.2 Å². The standard InChI is InChI=1S/C32H32N2O4/c1-3-10-31-12-8-21(15-31)23-25(31)29(37)33(27(23)35)17-19-6-5-7-20(14-19)18-34-28(36)24-22-9-13-32(16-22,11-4-2)26(24)30(34)38/h3-9,12-14,21-22,35-38H,1-2,10-11,15-18H2. The van der Waals surface area contributed by atoms with Gasteiger partial charge in [0.1, 0.15) is 0 Å². The summed E-state index contributed by atoms with van der Waals surface area (Å²) in [6.45, 7) is 8.42. The predicted molar refractivity (Wildman–Crippen MR) is 146 cm³/mol. The number of benzene rings is 1. The van der Waals surface area contributed by atoms with E-state index in [0.717, 1.165) is 59.1 Å². The van der Waals surface area contributed by atoms with Crippen LogP contribution < -0.4 is 0 Å². The summed E-state index contributed by atoms with van der Waals surface area (Å²) in [7, 11) is 0. The highest BCUT2D eigenvalue weighted by Gasteiger charge is 2.51. The van der Waals surface area contributed by atoms with E-state index in [2.05, 4.69) is 37.5 Å². The van der Waals surface area contributed by atoms with Crippen molar-refractivity contribution in [1.29, 1.82) is 0 Å². The van der Waals surface area contributed by atoms with Crippen molar-refractivity contribution in [3.05, 3.63) is 107 Å². The van der Waals surface area contributed by atoms with Crippen molar-refractivity contribution in [1.82, 2.24) is 9.13 Å². The van der Waals surface area contributed by atoms with E-state index in [1.165, 1.54) is 0 Å². The summed E-state index contributed by atoms with van der Waals surface area (Å²) < 4.78 is 3.17. The summed E-state index contributed by atoms with van der Waals surface area (Å²) in [6.07, 6.45) is 15.5. The van der Waals surface area contributed by atoms with Gasteiger partial charge in [0, 0.05) is 44.9 Å². The lowest BCUT2D eigenvalue weighted by Crippen LogP contribution is -2.17. The number of nitrogens with zero attached hydrogens (tertiary/aromatic N) is 2. The predicted octanol–water partition coefficient (Wildman–Crippen LogP) is 5.95. The summed E-state index contributed by atoms with van der Waals surface area (Å²) in [5.41, 5.74) is 4.54. The van der Waals surface area contributed by atoms with Crippen LogP contribution in [0.15, 0.2) is 73.9 Å². The smallest absolute Gasteiger partial charge is 0.198 e. The SMILES string of the molecule is C=CCC12C=CC(C1)c1c2c(O)n(Cc2cccc(Cn3c(O)c4c(c3O)C3(CC=C)C=CC4C3)c2)c1O. The molecule has 0 fully saturated rings. The van der Waals surface area contributed by atoms with Gasteiger partial charge in [-0.3, -0.25) is 9.13 Å². The minimum absolute atomic E-state index is 0.110. The van der Waals surface area contributed by atoms with Gasteiger partial charge in [-0.25, -0.2) is 0 Å². The first-order valence-corrected chi connectivity index (χ1v) is 13.3. The van der Waals surface area contributed by atoms with Gasteiger partial charge in [-0.2, -0.15) is 0 Å². The van der Waals surface area contributed by atoms with Gasteiger partial charge in [0.25, 0.3) is 0 Å². The second-order valence-electron chi connectivity index (χ2n) is 11.5. The molecule has 4 bridgehead atoms. The number of aromatic nitrogens is 2. The molecule has 4 unspecified atom stereocenters. The largest absolute Gasteiger partial charge is 0.494 e. The molecule has 4 N–H and O–H groups in total. The number of hydrogen-bond acceptors (Lipinski definition) is 4. The second kappa shape index (κ2) is 7.73. The zero-order chi connectivity index (χ0) is 26.4. The van der Waals surface area contributed by atoms with Gasteiger partial charge in [-0.1, -0.05) is 60.7 Å². The highest BCUT2D eigenvalue weighted by molar-refractivity contribution is 5.64. The molecular weight excluding hydrogens is 476 g/mol. The molecule has 0 spiro atoms. The van der Waals surface area contributed by atoms with Crippen LogP contribution in [0.5, 0.6) is 23.5 Å². The number of hydrogen-bond donors (Lipinski definition) is 4. The van der Waals surface area contributed by atoms with Crippen LogP contribution in [0.3, 0.4) is 0 Å². The van der Waals surface area contributed by atoms with Gasteiger partial charge in [-0.05, 0) is 36.8 Å². The van der Waals surface area contributed by atoms with Crippen molar-refractivity contribution in [2.75, 3.05) is 0 Å². The van der Waals surface area contributed by atoms with Crippen LogP contribution >= 0.6 is 0 Å². The Bertz CT molecular complexity index is 1470. The fourth-order valence-electron chi connectivity index (χ4n) is 7.85. The zero-order valence-electron chi connectivity index (χ0n) is 21.3. The van der Waals surface area contributed by atoms with Gasteiger partial charge in [0.2, 0.25) is 0 Å². The van der Waals surface area contributed by atoms with Crippen LogP contribution in [0.1, 0.15) is 70.9 Å². The lowest BCUT2D eigenvalue weighted by molar-refractivity contribution is 0.363. The molecule has 2 aromatic heterocycles. The van der Waals surface area contributed by atoms with Gasteiger partial charge < -0.3 is 20.4 Å². The average Bonchev–Trinajstić information content (AvgIpc) is 3.72. The highest BCUT2D eigenvalue weighted by Crippen LogP contribution is 2.62. The number of allylic oxidation sites excluding steroid dienone is 6. The molecular formula is C32H32N2O4. The van der Waals surface area contributed by atoms with E-state index >= 15 is 0 Å². The third-order valence-electron chi connectivity index (χ3n) is 9.38. The van der Waals surface area contributed by atoms with E-state index in [0.29, 0.717) is 13.1 Å². The number of fused-ring (bicyclic) bond motifs is 10. The van der Waals surface area contributed by atoms with Crippen LogP contribution in [0.2, 0.25) is 0 Å². The Balaban J connectivity index is 1.20. The first-order valence-electron chi connectivity index (χ1n) is 13.3. The van der Waals surface area contributed by atoms with Crippen LogP contribution in [0.25, 0.3) is 0 Å². The highest BCUT2D eigenvalue weighted by atomic mass is 16.3. The van der Waals surface area contributed by atoms with E-state index in [1.54, 1.807) is 9.13 Å². The van der Waals surface area contributed by atoms with Gasteiger partial charge >= 0.3 is 0 Å². The molecule has 0 amide bonds. The lowest BCUT2D eigenvalue weighted by atomic mass is 9.81. The molecule has 4 aliphatic rings. The molecule has 7 rings (SSSR count). The monoisotopic (exact) mass is 508 g/mol. The van der Waals surface area contributed by atoms with Crippen molar-refractivity contribution in [3.8, 4) is 23.5 Å². The van der Waals surface area contributed by atoms with Gasteiger partial charge in [0.15, 0.2) is 23.5 Å². The van der Waals surface area contributed by atoms with Crippen LogP contribution in [0.4, 0.5) is 0 Å². The maximum absolute atomic E-state index is 11.2. The fraction of sp³-hybridized carbons (Fsp3) is 0.312. The normalized spacial score (nSPS) is 27.3. The van der Waals surface area contributed by atoms with E-state index < -0.39 is 0 Å². The fourth-order valence-corrected chi connectivity index (χ4v) is 7.85. The minimum Gasteiger partial charge on any atom is -0.494 e.